The van der Waals surface area contributed by atoms with E-state index in [1.54, 1.807) is 17.4 Å². The Morgan fingerprint density at radius 3 is 2.67 bits per heavy atom. The first-order valence-corrected chi connectivity index (χ1v) is 8.63. The van der Waals surface area contributed by atoms with Crippen LogP contribution in [0.15, 0.2) is 30.3 Å². The summed E-state index contributed by atoms with van der Waals surface area (Å²) in [6.07, 6.45) is 3.39. The van der Waals surface area contributed by atoms with Crippen molar-refractivity contribution >= 4 is 22.9 Å². The number of nitrogens with one attached hydrogen (secondary N) is 1. The zero-order valence-corrected chi connectivity index (χ0v) is 14.0. The van der Waals surface area contributed by atoms with Gasteiger partial charge in [-0.2, -0.15) is 0 Å². The first-order chi connectivity index (χ1) is 10.2. The fraction of sp³-hybridized carbons (Fsp3) is 0.412. The van der Waals surface area contributed by atoms with Gasteiger partial charge in [-0.3, -0.25) is 0 Å². The first-order valence-electron chi connectivity index (χ1n) is 7.44. The van der Waals surface area contributed by atoms with E-state index in [0.29, 0.717) is 6.04 Å². The highest BCUT2D eigenvalue weighted by molar-refractivity contribution is 7.15. The maximum atomic E-state index is 13.6. The largest absolute Gasteiger partial charge is 0.309 e. The first kappa shape index (κ1) is 16.5. The summed E-state index contributed by atoms with van der Waals surface area (Å²) in [5, 5.41) is 3.76. The quantitative estimate of drug-likeness (QED) is 0.653. The van der Waals surface area contributed by atoms with E-state index in [9.17, 15) is 4.39 Å². The average Bonchev–Trinajstić information content (AvgIpc) is 2.96. The van der Waals surface area contributed by atoms with Crippen molar-refractivity contribution in [3.05, 3.63) is 46.0 Å². The Morgan fingerprint density at radius 2 is 2.00 bits per heavy atom. The molecule has 1 nitrogen and oxygen atoms in total. The topological polar surface area (TPSA) is 12.0 Å². The minimum atomic E-state index is -0.363. The standard InChI is InChI=1S/C17H21ClFNS/c1-3-5-15(20-10-4-2)17-9-8-16(21-17)12-6-7-13(18)14(19)11-12/h6-9,11,15,20H,3-5,10H2,1-2H3. The average molecular weight is 326 g/mol. The molecule has 0 saturated carbocycles. The summed E-state index contributed by atoms with van der Waals surface area (Å²) >= 11 is 7.47. The fourth-order valence-corrected chi connectivity index (χ4v) is 3.53. The molecule has 0 saturated heterocycles. The summed E-state index contributed by atoms with van der Waals surface area (Å²) in [7, 11) is 0. The molecule has 2 rings (SSSR count). The van der Waals surface area contributed by atoms with Crippen LogP contribution in [-0.2, 0) is 0 Å². The van der Waals surface area contributed by atoms with E-state index in [2.05, 4.69) is 31.3 Å². The molecule has 0 amide bonds. The summed E-state index contributed by atoms with van der Waals surface area (Å²) in [6.45, 7) is 5.39. The Bertz CT molecular complexity index is 582. The molecule has 0 fully saturated rings. The Labute approximate surface area is 135 Å². The van der Waals surface area contributed by atoms with Crippen molar-refractivity contribution in [2.24, 2.45) is 0 Å². The van der Waals surface area contributed by atoms with Crippen LogP contribution in [0.1, 0.15) is 44.0 Å². The van der Waals surface area contributed by atoms with E-state index >= 15 is 0 Å². The van der Waals surface area contributed by atoms with Crippen molar-refractivity contribution in [3.63, 3.8) is 0 Å². The zero-order chi connectivity index (χ0) is 15.2. The normalized spacial score (nSPS) is 12.6. The SMILES string of the molecule is CCCNC(CCC)c1ccc(-c2ccc(Cl)c(F)c2)s1. The smallest absolute Gasteiger partial charge is 0.142 e. The minimum absolute atomic E-state index is 0.170. The molecule has 1 unspecified atom stereocenters. The lowest BCUT2D eigenvalue weighted by Gasteiger charge is -2.16. The van der Waals surface area contributed by atoms with Gasteiger partial charge in [0.2, 0.25) is 0 Å². The van der Waals surface area contributed by atoms with Crippen LogP contribution in [-0.4, -0.2) is 6.54 Å². The number of thiophene rings is 1. The lowest BCUT2D eigenvalue weighted by molar-refractivity contribution is 0.501. The van der Waals surface area contributed by atoms with Gasteiger partial charge in [0.1, 0.15) is 5.82 Å². The summed E-state index contributed by atoms with van der Waals surface area (Å²) in [5.41, 5.74) is 0.888. The van der Waals surface area contributed by atoms with Crippen molar-refractivity contribution in [2.45, 2.75) is 39.2 Å². The van der Waals surface area contributed by atoms with Crippen LogP contribution in [0.5, 0.6) is 0 Å². The molecule has 0 aliphatic carbocycles. The third-order valence-electron chi connectivity index (χ3n) is 3.39. The molecule has 0 bridgehead atoms. The van der Waals surface area contributed by atoms with Crippen LogP contribution in [0, 0.1) is 5.82 Å². The monoisotopic (exact) mass is 325 g/mol. The molecular formula is C17H21ClFNS. The van der Waals surface area contributed by atoms with Crippen LogP contribution in [0.3, 0.4) is 0 Å². The van der Waals surface area contributed by atoms with Gasteiger partial charge in [-0.1, -0.05) is 37.9 Å². The number of hydrogen-bond acceptors (Lipinski definition) is 2. The molecule has 4 heteroatoms. The maximum absolute atomic E-state index is 13.6. The Balaban J connectivity index is 2.20. The van der Waals surface area contributed by atoms with Crippen molar-refractivity contribution in [1.29, 1.82) is 0 Å². The second-order valence-corrected chi connectivity index (χ2v) is 6.65. The maximum Gasteiger partial charge on any atom is 0.142 e. The third kappa shape index (κ3) is 4.29. The minimum Gasteiger partial charge on any atom is -0.309 e. The Morgan fingerprint density at radius 1 is 1.19 bits per heavy atom. The molecule has 1 aromatic heterocycles. The molecule has 1 aromatic carbocycles. The number of rotatable bonds is 7. The van der Waals surface area contributed by atoms with Crippen LogP contribution < -0.4 is 5.32 Å². The van der Waals surface area contributed by atoms with E-state index in [-0.39, 0.29) is 10.8 Å². The molecule has 0 aliphatic rings. The highest BCUT2D eigenvalue weighted by atomic mass is 35.5. The van der Waals surface area contributed by atoms with Crippen molar-refractivity contribution in [1.82, 2.24) is 5.32 Å². The third-order valence-corrected chi connectivity index (χ3v) is 4.95. The van der Waals surface area contributed by atoms with Gasteiger partial charge < -0.3 is 5.32 Å². The summed E-state index contributed by atoms with van der Waals surface area (Å²) < 4.78 is 13.6. The summed E-state index contributed by atoms with van der Waals surface area (Å²) in [4.78, 5) is 2.40. The van der Waals surface area contributed by atoms with E-state index in [1.807, 2.05) is 6.07 Å². The van der Waals surface area contributed by atoms with Crippen molar-refractivity contribution in [2.75, 3.05) is 6.54 Å². The van der Waals surface area contributed by atoms with E-state index < -0.39 is 0 Å². The van der Waals surface area contributed by atoms with E-state index in [0.717, 1.165) is 36.2 Å². The number of hydrogen-bond donors (Lipinski definition) is 1. The van der Waals surface area contributed by atoms with Gasteiger partial charge in [0, 0.05) is 15.8 Å². The molecule has 1 N–H and O–H groups in total. The van der Waals surface area contributed by atoms with Crippen LogP contribution in [0.4, 0.5) is 4.39 Å². The lowest BCUT2D eigenvalue weighted by atomic mass is 10.1. The van der Waals surface area contributed by atoms with E-state index in [1.165, 1.54) is 10.9 Å². The predicted octanol–water partition coefficient (Wildman–Crippen LogP) is 6.05. The molecule has 114 valence electrons. The summed E-state index contributed by atoms with van der Waals surface area (Å²) in [5.74, 6) is -0.363. The van der Waals surface area contributed by atoms with Gasteiger partial charge in [0.05, 0.1) is 5.02 Å². The Kier molecular flexibility index (Phi) is 6.22. The highest BCUT2D eigenvalue weighted by Gasteiger charge is 2.13. The molecule has 2 aromatic rings. The highest BCUT2D eigenvalue weighted by Crippen LogP contribution is 2.34. The van der Waals surface area contributed by atoms with Gasteiger partial charge in [-0.15, -0.1) is 11.3 Å². The molecular weight excluding hydrogens is 305 g/mol. The lowest BCUT2D eigenvalue weighted by Crippen LogP contribution is -2.21. The predicted molar refractivity (Wildman–Crippen MR) is 90.7 cm³/mol. The van der Waals surface area contributed by atoms with Gasteiger partial charge in [-0.05, 0) is 49.2 Å². The second kappa shape index (κ2) is 7.92. The molecule has 0 aliphatic heterocycles. The molecule has 1 atom stereocenters. The molecule has 0 spiro atoms. The van der Waals surface area contributed by atoms with Crippen LogP contribution >= 0.6 is 22.9 Å². The second-order valence-electron chi connectivity index (χ2n) is 5.13. The van der Waals surface area contributed by atoms with Gasteiger partial charge >= 0.3 is 0 Å². The van der Waals surface area contributed by atoms with Gasteiger partial charge in [0.15, 0.2) is 0 Å². The van der Waals surface area contributed by atoms with Gasteiger partial charge in [0.25, 0.3) is 0 Å². The number of halogens is 2. The van der Waals surface area contributed by atoms with Crippen LogP contribution in [0.25, 0.3) is 10.4 Å². The molecule has 1 heterocycles. The molecule has 21 heavy (non-hydrogen) atoms. The number of benzene rings is 1. The Hall–Kier alpha value is -0.900. The fourth-order valence-electron chi connectivity index (χ4n) is 2.30. The van der Waals surface area contributed by atoms with Gasteiger partial charge in [-0.25, -0.2) is 4.39 Å². The zero-order valence-electron chi connectivity index (χ0n) is 12.5. The van der Waals surface area contributed by atoms with Crippen LogP contribution in [0.2, 0.25) is 5.02 Å². The van der Waals surface area contributed by atoms with Crippen molar-refractivity contribution < 1.29 is 4.39 Å². The summed E-state index contributed by atoms with van der Waals surface area (Å²) in [6, 6.07) is 9.60. The molecule has 0 radical (unpaired) electrons. The van der Waals surface area contributed by atoms with E-state index in [4.69, 9.17) is 11.6 Å². The van der Waals surface area contributed by atoms with Crippen molar-refractivity contribution in [3.8, 4) is 10.4 Å².